The number of rotatable bonds is 4. The van der Waals surface area contributed by atoms with Crippen molar-refractivity contribution in [2.45, 2.75) is 6.42 Å². The SMILES string of the molecule is O=C(NCCCO)C(=O)N1CCN(c2ccccc2F)CC1. The highest BCUT2D eigenvalue weighted by Crippen LogP contribution is 2.20. The number of para-hydroxylation sites is 1. The molecule has 7 heteroatoms. The van der Waals surface area contributed by atoms with Gasteiger partial charge >= 0.3 is 11.8 Å². The van der Waals surface area contributed by atoms with Crippen molar-refractivity contribution in [2.75, 3.05) is 44.2 Å². The number of hydrogen-bond acceptors (Lipinski definition) is 4. The Hall–Kier alpha value is -2.15. The molecule has 0 aliphatic carbocycles. The molecule has 0 unspecified atom stereocenters. The lowest BCUT2D eigenvalue weighted by Gasteiger charge is -2.35. The van der Waals surface area contributed by atoms with Crippen LogP contribution in [-0.2, 0) is 9.59 Å². The van der Waals surface area contributed by atoms with Gasteiger partial charge in [-0.25, -0.2) is 4.39 Å². The Morgan fingerprint density at radius 2 is 1.86 bits per heavy atom. The largest absolute Gasteiger partial charge is 0.396 e. The average molecular weight is 309 g/mol. The Morgan fingerprint density at radius 3 is 2.50 bits per heavy atom. The Balaban J connectivity index is 1.85. The molecule has 2 rings (SSSR count). The number of nitrogens with one attached hydrogen (secondary N) is 1. The molecule has 0 bridgehead atoms. The van der Waals surface area contributed by atoms with Crippen LogP contribution in [0.3, 0.4) is 0 Å². The topological polar surface area (TPSA) is 72.9 Å². The van der Waals surface area contributed by atoms with Crippen LogP contribution in [0.2, 0.25) is 0 Å². The second-order valence-corrected chi connectivity index (χ2v) is 5.06. The molecule has 0 spiro atoms. The third-order valence-electron chi connectivity index (χ3n) is 3.57. The van der Waals surface area contributed by atoms with Crippen molar-refractivity contribution in [3.8, 4) is 0 Å². The van der Waals surface area contributed by atoms with E-state index in [0.29, 0.717) is 38.3 Å². The molecule has 1 saturated heterocycles. The van der Waals surface area contributed by atoms with Gasteiger partial charge in [0.05, 0.1) is 5.69 Å². The molecular weight excluding hydrogens is 289 g/mol. The molecular formula is C15H20FN3O3. The third kappa shape index (κ3) is 3.94. The van der Waals surface area contributed by atoms with Gasteiger partial charge in [-0.15, -0.1) is 0 Å². The standard InChI is InChI=1S/C15H20FN3O3/c16-12-4-1-2-5-13(12)18-7-9-19(10-8-18)15(22)14(21)17-6-3-11-20/h1-2,4-5,20H,3,6-11H2,(H,17,21). The molecule has 1 fully saturated rings. The molecule has 2 N–H and O–H groups in total. The number of aliphatic hydroxyl groups is 1. The van der Waals surface area contributed by atoms with E-state index in [1.165, 1.54) is 11.0 Å². The summed E-state index contributed by atoms with van der Waals surface area (Å²) in [7, 11) is 0. The van der Waals surface area contributed by atoms with Crippen molar-refractivity contribution in [1.82, 2.24) is 10.2 Å². The van der Waals surface area contributed by atoms with E-state index >= 15 is 0 Å². The number of carbonyl (C=O) groups is 2. The molecule has 1 aromatic carbocycles. The number of halogens is 1. The van der Waals surface area contributed by atoms with Gasteiger partial charge in [0.1, 0.15) is 5.82 Å². The number of benzene rings is 1. The van der Waals surface area contributed by atoms with Gasteiger partial charge in [0.2, 0.25) is 0 Å². The highest BCUT2D eigenvalue weighted by Gasteiger charge is 2.26. The van der Waals surface area contributed by atoms with E-state index in [4.69, 9.17) is 5.11 Å². The quantitative estimate of drug-likeness (QED) is 0.605. The summed E-state index contributed by atoms with van der Waals surface area (Å²) in [5.74, 6) is -1.53. The summed E-state index contributed by atoms with van der Waals surface area (Å²) in [6, 6.07) is 6.51. The Kier molecular flexibility index (Phi) is 5.71. The fourth-order valence-corrected chi connectivity index (χ4v) is 2.36. The number of hydrogen-bond donors (Lipinski definition) is 2. The second-order valence-electron chi connectivity index (χ2n) is 5.06. The van der Waals surface area contributed by atoms with E-state index in [0.717, 1.165) is 0 Å². The summed E-state index contributed by atoms with van der Waals surface area (Å²) in [6.45, 7) is 1.96. The summed E-state index contributed by atoms with van der Waals surface area (Å²) in [5, 5.41) is 11.1. The van der Waals surface area contributed by atoms with Crippen LogP contribution < -0.4 is 10.2 Å². The number of anilines is 1. The number of aliphatic hydroxyl groups excluding tert-OH is 1. The maximum absolute atomic E-state index is 13.7. The van der Waals surface area contributed by atoms with E-state index < -0.39 is 11.8 Å². The molecule has 2 amide bonds. The fraction of sp³-hybridized carbons (Fsp3) is 0.467. The van der Waals surface area contributed by atoms with Gasteiger partial charge in [-0.1, -0.05) is 12.1 Å². The fourth-order valence-electron chi connectivity index (χ4n) is 2.36. The van der Waals surface area contributed by atoms with Crippen LogP contribution >= 0.6 is 0 Å². The first-order chi connectivity index (χ1) is 10.6. The van der Waals surface area contributed by atoms with E-state index in [1.807, 2.05) is 4.90 Å². The zero-order valence-electron chi connectivity index (χ0n) is 12.3. The van der Waals surface area contributed by atoms with Crippen LogP contribution in [0.15, 0.2) is 24.3 Å². The van der Waals surface area contributed by atoms with Crippen molar-refractivity contribution < 1.29 is 19.1 Å². The first-order valence-electron chi connectivity index (χ1n) is 7.31. The highest BCUT2D eigenvalue weighted by molar-refractivity contribution is 6.35. The van der Waals surface area contributed by atoms with E-state index in [1.54, 1.807) is 18.2 Å². The molecule has 1 aromatic rings. The molecule has 1 heterocycles. The average Bonchev–Trinajstić information content (AvgIpc) is 2.55. The highest BCUT2D eigenvalue weighted by atomic mass is 19.1. The molecule has 6 nitrogen and oxygen atoms in total. The molecule has 1 aliphatic rings. The van der Waals surface area contributed by atoms with Crippen LogP contribution in [0, 0.1) is 5.82 Å². The monoisotopic (exact) mass is 309 g/mol. The Bertz CT molecular complexity index is 531. The van der Waals surface area contributed by atoms with E-state index in [-0.39, 0.29) is 19.0 Å². The zero-order valence-corrected chi connectivity index (χ0v) is 12.3. The summed E-state index contributed by atoms with van der Waals surface area (Å²) >= 11 is 0. The number of amides is 2. The number of nitrogens with zero attached hydrogens (tertiary/aromatic N) is 2. The van der Waals surface area contributed by atoms with Gasteiger partial charge in [-0.2, -0.15) is 0 Å². The van der Waals surface area contributed by atoms with Crippen molar-refractivity contribution in [2.24, 2.45) is 0 Å². The first-order valence-corrected chi connectivity index (χ1v) is 7.31. The lowest BCUT2D eigenvalue weighted by atomic mass is 10.2. The Labute approximate surface area is 128 Å². The maximum atomic E-state index is 13.7. The molecule has 120 valence electrons. The normalized spacial score (nSPS) is 14.8. The predicted molar refractivity (Wildman–Crippen MR) is 79.9 cm³/mol. The molecule has 22 heavy (non-hydrogen) atoms. The molecule has 0 atom stereocenters. The minimum Gasteiger partial charge on any atom is -0.396 e. The van der Waals surface area contributed by atoms with Gasteiger partial charge in [-0.3, -0.25) is 9.59 Å². The lowest BCUT2D eigenvalue weighted by molar-refractivity contribution is -0.146. The molecule has 0 aromatic heterocycles. The van der Waals surface area contributed by atoms with Crippen LogP contribution in [0.5, 0.6) is 0 Å². The zero-order chi connectivity index (χ0) is 15.9. The second kappa shape index (κ2) is 7.74. The predicted octanol–water partition coefficient (Wildman–Crippen LogP) is -0.0271. The Morgan fingerprint density at radius 1 is 1.18 bits per heavy atom. The maximum Gasteiger partial charge on any atom is 0.312 e. The molecule has 0 saturated carbocycles. The number of carbonyl (C=O) groups excluding carboxylic acids is 2. The molecule has 1 aliphatic heterocycles. The van der Waals surface area contributed by atoms with Crippen LogP contribution in [-0.4, -0.2) is 61.2 Å². The van der Waals surface area contributed by atoms with Crippen molar-refractivity contribution >= 4 is 17.5 Å². The van der Waals surface area contributed by atoms with Crippen molar-refractivity contribution in [3.05, 3.63) is 30.1 Å². The summed E-state index contributed by atoms with van der Waals surface area (Å²) in [5.41, 5.74) is 0.516. The van der Waals surface area contributed by atoms with Gasteiger partial charge in [-0.05, 0) is 18.6 Å². The van der Waals surface area contributed by atoms with Gasteiger partial charge < -0.3 is 20.2 Å². The minimum absolute atomic E-state index is 0.0320. The van der Waals surface area contributed by atoms with Gasteiger partial charge in [0.15, 0.2) is 0 Å². The lowest BCUT2D eigenvalue weighted by Crippen LogP contribution is -2.53. The van der Waals surface area contributed by atoms with E-state index in [9.17, 15) is 14.0 Å². The van der Waals surface area contributed by atoms with Gasteiger partial charge in [0.25, 0.3) is 0 Å². The first kappa shape index (κ1) is 16.2. The van der Waals surface area contributed by atoms with Crippen LogP contribution in [0.4, 0.5) is 10.1 Å². The van der Waals surface area contributed by atoms with Crippen molar-refractivity contribution in [1.29, 1.82) is 0 Å². The van der Waals surface area contributed by atoms with Crippen LogP contribution in [0.25, 0.3) is 0 Å². The minimum atomic E-state index is -0.659. The van der Waals surface area contributed by atoms with Gasteiger partial charge in [0, 0.05) is 39.3 Å². The van der Waals surface area contributed by atoms with Crippen molar-refractivity contribution in [3.63, 3.8) is 0 Å². The van der Waals surface area contributed by atoms with E-state index in [2.05, 4.69) is 5.32 Å². The van der Waals surface area contributed by atoms with Crippen LogP contribution in [0.1, 0.15) is 6.42 Å². The molecule has 0 radical (unpaired) electrons. The third-order valence-corrected chi connectivity index (χ3v) is 3.57. The summed E-state index contributed by atoms with van der Waals surface area (Å²) < 4.78 is 13.7. The smallest absolute Gasteiger partial charge is 0.312 e. The summed E-state index contributed by atoms with van der Waals surface area (Å²) in [4.78, 5) is 27.0. The summed E-state index contributed by atoms with van der Waals surface area (Å²) in [6.07, 6.45) is 0.417. The number of piperazine rings is 1.